The quantitative estimate of drug-likeness (QED) is 0.778. The van der Waals surface area contributed by atoms with Gasteiger partial charge in [0, 0.05) is 10.7 Å². The maximum absolute atomic E-state index is 11.4. The molecule has 0 bridgehead atoms. The lowest BCUT2D eigenvalue weighted by molar-refractivity contribution is 0.590. The third kappa shape index (κ3) is 2.06. The first kappa shape index (κ1) is 11.4. The molecule has 1 aliphatic rings. The Labute approximate surface area is 99.1 Å². The molecule has 0 radical (unpaired) electrons. The predicted octanol–water partition coefficient (Wildman–Crippen LogP) is 2.20. The average molecular weight is 256 g/mol. The molecule has 1 aromatic carbocycles. The molecular formula is C11H10ClNO2S. The van der Waals surface area contributed by atoms with Crippen LogP contribution < -0.4 is 0 Å². The first-order valence-electron chi connectivity index (χ1n) is 4.90. The summed E-state index contributed by atoms with van der Waals surface area (Å²) in [4.78, 5) is 0. The third-order valence-electron chi connectivity index (χ3n) is 2.91. The number of hydrogen-bond donors (Lipinski definition) is 0. The molecule has 0 aromatic heterocycles. The lowest BCUT2D eigenvalue weighted by atomic mass is 10.1. The Morgan fingerprint density at radius 2 is 2.12 bits per heavy atom. The van der Waals surface area contributed by atoms with Crippen molar-refractivity contribution in [2.24, 2.45) is 0 Å². The van der Waals surface area contributed by atoms with E-state index in [4.69, 9.17) is 15.9 Å². The van der Waals surface area contributed by atoms with Gasteiger partial charge >= 0.3 is 0 Å². The van der Waals surface area contributed by atoms with Gasteiger partial charge in [-0.2, -0.15) is 5.26 Å². The SMILES string of the molecule is N#Cc1cccc(CC2(S(=O)(=O)Cl)CC2)c1. The van der Waals surface area contributed by atoms with Crippen LogP contribution >= 0.6 is 10.7 Å². The van der Waals surface area contributed by atoms with Crippen LogP contribution in [-0.4, -0.2) is 13.2 Å². The van der Waals surface area contributed by atoms with Crippen molar-refractivity contribution >= 4 is 19.7 Å². The molecule has 0 spiro atoms. The fourth-order valence-corrected chi connectivity index (χ4v) is 3.32. The van der Waals surface area contributed by atoms with E-state index in [2.05, 4.69) is 0 Å². The van der Waals surface area contributed by atoms with Crippen LogP contribution in [0.4, 0.5) is 0 Å². The minimum atomic E-state index is -3.52. The first-order chi connectivity index (χ1) is 7.47. The van der Waals surface area contributed by atoms with Crippen molar-refractivity contribution in [3.05, 3.63) is 35.4 Å². The fourth-order valence-electron chi connectivity index (χ4n) is 1.77. The maximum Gasteiger partial charge on any atom is 0.238 e. The van der Waals surface area contributed by atoms with Crippen LogP contribution in [0.2, 0.25) is 0 Å². The van der Waals surface area contributed by atoms with Gasteiger partial charge in [-0.1, -0.05) is 12.1 Å². The summed E-state index contributed by atoms with van der Waals surface area (Å²) >= 11 is 0. The summed E-state index contributed by atoms with van der Waals surface area (Å²) in [6.45, 7) is 0. The Morgan fingerprint density at radius 1 is 1.44 bits per heavy atom. The molecule has 0 amide bonds. The number of benzene rings is 1. The minimum Gasteiger partial charge on any atom is -0.212 e. The highest BCUT2D eigenvalue weighted by atomic mass is 35.7. The van der Waals surface area contributed by atoms with Crippen LogP contribution in [0.3, 0.4) is 0 Å². The summed E-state index contributed by atoms with van der Waals surface area (Å²) in [5, 5.41) is 8.74. The highest BCUT2D eigenvalue weighted by Crippen LogP contribution is 2.48. The van der Waals surface area contributed by atoms with E-state index in [1.165, 1.54) is 0 Å². The van der Waals surface area contributed by atoms with Crippen molar-refractivity contribution < 1.29 is 8.42 Å². The third-order valence-corrected chi connectivity index (χ3v) is 5.48. The highest BCUT2D eigenvalue weighted by molar-refractivity contribution is 8.15. The molecule has 84 valence electrons. The summed E-state index contributed by atoms with van der Waals surface area (Å²) < 4.78 is 22.0. The van der Waals surface area contributed by atoms with Gasteiger partial charge in [0.25, 0.3) is 0 Å². The van der Waals surface area contributed by atoms with E-state index in [0.29, 0.717) is 24.8 Å². The summed E-state index contributed by atoms with van der Waals surface area (Å²) in [5.74, 6) is 0. The Bertz CT molecular complexity index is 556. The van der Waals surface area contributed by atoms with Gasteiger partial charge < -0.3 is 0 Å². The summed E-state index contributed by atoms with van der Waals surface area (Å²) in [7, 11) is 1.90. The van der Waals surface area contributed by atoms with Gasteiger partial charge in [0.1, 0.15) is 0 Å². The lowest BCUT2D eigenvalue weighted by Crippen LogP contribution is -2.20. The molecule has 1 fully saturated rings. The largest absolute Gasteiger partial charge is 0.238 e. The van der Waals surface area contributed by atoms with Crippen LogP contribution in [0.5, 0.6) is 0 Å². The van der Waals surface area contributed by atoms with Crippen LogP contribution in [0.1, 0.15) is 24.0 Å². The normalized spacial score (nSPS) is 17.8. The monoisotopic (exact) mass is 255 g/mol. The number of halogens is 1. The highest BCUT2D eigenvalue weighted by Gasteiger charge is 2.53. The number of nitriles is 1. The van der Waals surface area contributed by atoms with Gasteiger partial charge in [-0.15, -0.1) is 0 Å². The van der Waals surface area contributed by atoms with Gasteiger partial charge in [-0.3, -0.25) is 0 Å². The smallest absolute Gasteiger partial charge is 0.212 e. The van der Waals surface area contributed by atoms with Gasteiger partial charge in [0.05, 0.1) is 16.4 Å². The van der Waals surface area contributed by atoms with Gasteiger partial charge in [0.2, 0.25) is 9.05 Å². The summed E-state index contributed by atoms with van der Waals surface area (Å²) in [6.07, 6.45) is 1.61. The van der Waals surface area contributed by atoms with Gasteiger partial charge in [-0.05, 0) is 37.0 Å². The van der Waals surface area contributed by atoms with Crippen LogP contribution in [0.25, 0.3) is 0 Å². The average Bonchev–Trinajstić information content (AvgIpc) is 2.98. The molecule has 0 saturated heterocycles. The zero-order valence-electron chi connectivity index (χ0n) is 8.48. The number of rotatable bonds is 3. The van der Waals surface area contributed by atoms with E-state index in [0.717, 1.165) is 5.56 Å². The Hall–Kier alpha value is -1.05. The Kier molecular flexibility index (Phi) is 2.69. The van der Waals surface area contributed by atoms with Crippen LogP contribution in [0, 0.1) is 11.3 Å². The number of nitrogens with zero attached hydrogens (tertiary/aromatic N) is 1. The molecule has 0 aliphatic heterocycles. The fraction of sp³-hybridized carbons (Fsp3) is 0.364. The van der Waals surface area contributed by atoms with E-state index < -0.39 is 13.8 Å². The zero-order valence-corrected chi connectivity index (χ0v) is 10.1. The molecule has 1 aromatic rings. The molecule has 1 aliphatic carbocycles. The van der Waals surface area contributed by atoms with Crippen molar-refractivity contribution in [1.29, 1.82) is 5.26 Å². The standard InChI is InChI=1S/C11H10ClNO2S/c12-16(14,15)11(4-5-11)7-9-2-1-3-10(6-9)8-13/h1-3,6H,4-5,7H2. The van der Waals surface area contributed by atoms with Crippen molar-refractivity contribution in [2.45, 2.75) is 24.0 Å². The molecule has 0 atom stereocenters. The number of hydrogen-bond acceptors (Lipinski definition) is 3. The van der Waals surface area contributed by atoms with E-state index >= 15 is 0 Å². The zero-order chi connectivity index (χ0) is 11.8. The van der Waals surface area contributed by atoms with Crippen molar-refractivity contribution in [3.63, 3.8) is 0 Å². The van der Waals surface area contributed by atoms with E-state index in [1.54, 1.807) is 18.2 Å². The lowest BCUT2D eigenvalue weighted by Gasteiger charge is -2.10. The second kappa shape index (κ2) is 3.76. The van der Waals surface area contributed by atoms with E-state index in [1.807, 2.05) is 12.1 Å². The second-order valence-corrected chi connectivity index (χ2v) is 7.07. The minimum absolute atomic E-state index is 0.397. The summed E-state index contributed by atoms with van der Waals surface area (Å²) in [6, 6.07) is 9.01. The van der Waals surface area contributed by atoms with Crippen LogP contribution in [-0.2, 0) is 15.5 Å². The molecule has 16 heavy (non-hydrogen) atoms. The molecule has 0 heterocycles. The molecule has 2 rings (SSSR count). The van der Waals surface area contributed by atoms with Crippen LogP contribution in [0.15, 0.2) is 24.3 Å². The Balaban J connectivity index is 2.26. The summed E-state index contributed by atoms with van der Waals surface area (Å²) in [5.41, 5.74) is 1.39. The molecule has 0 unspecified atom stereocenters. The molecule has 5 heteroatoms. The molecular weight excluding hydrogens is 246 g/mol. The molecule has 1 saturated carbocycles. The van der Waals surface area contributed by atoms with Gasteiger partial charge in [0.15, 0.2) is 0 Å². The molecule has 0 N–H and O–H groups in total. The van der Waals surface area contributed by atoms with Gasteiger partial charge in [-0.25, -0.2) is 8.42 Å². The maximum atomic E-state index is 11.4. The van der Waals surface area contributed by atoms with E-state index in [-0.39, 0.29) is 0 Å². The first-order valence-corrected chi connectivity index (χ1v) is 7.21. The predicted molar refractivity (Wildman–Crippen MR) is 61.6 cm³/mol. The van der Waals surface area contributed by atoms with Crippen molar-refractivity contribution in [2.75, 3.05) is 0 Å². The Morgan fingerprint density at radius 3 is 2.62 bits per heavy atom. The van der Waals surface area contributed by atoms with Crippen molar-refractivity contribution in [1.82, 2.24) is 0 Å². The topological polar surface area (TPSA) is 57.9 Å². The van der Waals surface area contributed by atoms with Crippen molar-refractivity contribution in [3.8, 4) is 6.07 Å². The molecule has 3 nitrogen and oxygen atoms in total. The second-order valence-electron chi connectivity index (χ2n) is 4.11. The van der Waals surface area contributed by atoms with E-state index in [9.17, 15) is 8.42 Å².